The smallest absolute Gasteiger partial charge is 0.175 e. The normalized spacial score (nSPS) is 9.95. The van der Waals surface area contributed by atoms with Gasteiger partial charge in [0.15, 0.2) is 5.11 Å². The molecule has 0 aliphatic heterocycles. The lowest BCUT2D eigenvalue weighted by atomic mass is 10.2. The van der Waals surface area contributed by atoms with Gasteiger partial charge in [0.25, 0.3) is 0 Å². The summed E-state index contributed by atoms with van der Waals surface area (Å²) < 4.78 is 6.25. The van der Waals surface area contributed by atoms with Crippen LogP contribution < -0.4 is 15.4 Å². The predicted octanol–water partition coefficient (Wildman–Crippen LogP) is 4.58. The quantitative estimate of drug-likeness (QED) is 0.794. The molecule has 3 nitrogen and oxygen atoms in total. The Kier molecular flexibility index (Phi) is 4.98. The molecule has 0 saturated heterocycles. The fraction of sp³-hybridized carbons (Fsp3) is 0.133. The van der Waals surface area contributed by atoms with Gasteiger partial charge in [-0.2, -0.15) is 0 Å². The van der Waals surface area contributed by atoms with Gasteiger partial charge in [0.2, 0.25) is 0 Å². The summed E-state index contributed by atoms with van der Waals surface area (Å²) in [5.74, 6) is 0.750. The van der Waals surface area contributed by atoms with E-state index in [4.69, 9.17) is 17.0 Å². The third-order valence-corrected chi connectivity index (χ3v) is 3.59. The highest BCUT2D eigenvalue weighted by Crippen LogP contribution is 2.25. The molecule has 104 valence electrons. The summed E-state index contributed by atoms with van der Waals surface area (Å²) in [5.41, 5.74) is 2.93. The average Bonchev–Trinajstić information content (AvgIpc) is 2.42. The number of thiocarbonyl (C=S) groups is 1. The summed E-state index contributed by atoms with van der Waals surface area (Å²) in [5, 5.41) is 6.79. The van der Waals surface area contributed by atoms with Crippen LogP contribution in [0.5, 0.6) is 5.75 Å². The molecule has 0 aliphatic carbocycles. The molecule has 2 rings (SSSR count). The van der Waals surface area contributed by atoms with Crippen LogP contribution in [0.2, 0.25) is 0 Å². The number of rotatable bonds is 3. The van der Waals surface area contributed by atoms with Gasteiger partial charge in [-0.05, 0) is 64.9 Å². The highest BCUT2D eigenvalue weighted by Gasteiger charge is 2.06. The molecule has 20 heavy (non-hydrogen) atoms. The number of hydrogen-bond donors (Lipinski definition) is 2. The average molecular weight is 351 g/mol. The summed E-state index contributed by atoms with van der Waals surface area (Å²) in [6, 6.07) is 13.7. The zero-order valence-electron chi connectivity index (χ0n) is 11.2. The Labute approximate surface area is 132 Å². The number of hydrogen-bond acceptors (Lipinski definition) is 2. The molecule has 0 aromatic heterocycles. The standard InChI is InChI=1S/C15H15BrN2OS/c1-10-7-8-12(11(16)9-10)17-15(20)18-13-5-3-4-6-14(13)19-2/h3-9H,1-2H3,(H2,17,18,20). The molecule has 0 aliphatic rings. The van der Waals surface area contributed by atoms with Gasteiger partial charge < -0.3 is 15.4 Å². The van der Waals surface area contributed by atoms with E-state index in [0.29, 0.717) is 5.11 Å². The Morgan fingerprint density at radius 3 is 2.50 bits per heavy atom. The number of para-hydroxylation sites is 2. The van der Waals surface area contributed by atoms with E-state index in [1.807, 2.05) is 49.4 Å². The first kappa shape index (κ1) is 14.8. The van der Waals surface area contributed by atoms with Crippen LogP contribution in [0.25, 0.3) is 0 Å². The second-order valence-electron chi connectivity index (χ2n) is 4.26. The van der Waals surface area contributed by atoms with E-state index < -0.39 is 0 Å². The van der Waals surface area contributed by atoms with Crippen LogP contribution in [-0.2, 0) is 0 Å². The van der Waals surface area contributed by atoms with Crippen molar-refractivity contribution in [1.29, 1.82) is 0 Å². The minimum Gasteiger partial charge on any atom is -0.495 e. The van der Waals surface area contributed by atoms with Crippen molar-refractivity contribution in [3.05, 3.63) is 52.5 Å². The molecular formula is C15H15BrN2OS. The first-order valence-corrected chi connectivity index (χ1v) is 7.27. The lowest BCUT2D eigenvalue weighted by Crippen LogP contribution is -2.19. The van der Waals surface area contributed by atoms with Crippen molar-refractivity contribution < 1.29 is 4.74 Å². The van der Waals surface area contributed by atoms with Crippen molar-refractivity contribution in [2.45, 2.75) is 6.92 Å². The lowest BCUT2D eigenvalue weighted by molar-refractivity contribution is 0.417. The second kappa shape index (κ2) is 6.72. The number of anilines is 2. The number of ether oxygens (including phenoxy) is 1. The van der Waals surface area contributed by atoms with Gasteiger partial charge in [0.1, 0.15) is 5.75 Å². The van der Waals surface area contributed by atoms with Crippen LogP contribution in [-0.4, -0.2) is 12.2 Å². The van der Waals surface area contributed by atoms with Crippen LogP contribution in [0.3, 0.4) is 0 Å². The minimum absolute atomic E-state index is 0.513. The van der Waals surface area contributed by atoms with Crippen molar-refractivity contribution in [2.75, 3.05) is 17.7 Å². The van der Waals surface area contributed by atoms with Crippen LogP contribution in [0.4, 0.5) is 11.4 Å². The van der Waals surface area contributed by atoms with E-state index in [1.165, 1.54) is 5.56 Å². The highest BCUT2D eigenvalue weighted by molar-refractivity contribution is 9.10. The topological polar surface area (TPSA) is 33.3 Å². The van der Waals surface area contributed by atoms with E-state index in [-0.39, 0.29) is 0 Å². The number of halogens is 1. The third kappa shape index (κ3) is 3.71. The number of methoxy groups -OCH3 is 1. The number of benzene rings is 2. The third-order valence-electron chi connectivity index (χ3n) is 2.73. The molecule has 0 fully saturated rings. The fourth-order valence-corrected chi connectivity index (χ4v) is 2.56. The largest absolute Gasteiger partial charge is 0.495 e. The first-order valence-electron chi connectivity index (χ1n) is 6.07. The zero-order valence-corrected chi connectivity index (χ0v) is 13.6. The van der Waals surface area contributed by atoms with E-state index in [2.05, 4.69) is 26.6 Å². The summed E-state index contributed by atoms with van der Waals surface area (Å²) in [4.78, 5) is 0. The van der Waals surface area contributed by atoms with Gasteiger partial charge in [-0.1, -0.05) is 18.2 Å². The first-order chi connectivity index (χ1) is 9.60. The van der Waals surface area contributed by atoms with Gasteiger partial charge in [-0.25, -0.2) is 0 Å². The molecule has 2 aromatic carbocycles. The Hall–Kier alpha value is -1.59. The molecule has 0 saturated carbocycles. The van der Waals surface area contributed by atoms with Crippen LogP contribution >= 0.6 is 28.1 Å². The molecule has 0 spiro atoms. The van der Waals surface area contributed by atoms with Crippen molar-refractivity contribution >= 4 is 44.6 Å². The Bertz CT molecular complexity index is 631. The van der Waals surface area contributed by atoms with Crippen LogP contribution in [0.15, 0.2) is 46.9 Å². The van der Waals surface area contributed by atoms with E-state index in [1.54, 1.807) is 7.11 Å². The second-order valence-corrected chi connectivity index (χ2v) is 5.53. The van der Waals surface area contributed by atoms with Gasteiger partial charge in [-0.3, -0.25) is 0 Å². The SMILES string of the molecule is COc1ccccc1NC(=S)Nc1ccc(C)cc1Br. The molecule has 0 heterocycles. The molecule has 5 heteroatoms. The summed E-state index contributed by atoms with van der Waals surface area (Å²) in [6.45, 7) is 2.04. The van der Waals surface area contributed by atoms with E-state index in [0.717, 1.165) is 21.6 Å². The maximum Gasteiger partial charge on any atom is 0.175 e. The van der Waals surface area contributed by atoms with E-state index >= 15 is 0 Å². The Morgan fingerprint density at radius 2 is 1.80 bits per heavy atom. The maximum atomic E-state index is 5.32. The van der Waals surface area contributed by atoms with Crippen molar-refractivity contribution in [3.63, 3.8) is 0 Å². The highest BCUT2D eigenvalue weighted by atomic mass is 79.9. The molecule has 0 amide bonds. The van der Waals surface area contributed by atoms with E-state index in [9.17, 15) is 0 Å². The summed E-state index contributed by atoms with van der Waals surface area (Å²) in [7, 11) is 1.63. The monoisotopic (exact) mass is 350 g/mol. The Balaban J connectivity index is 2.09. The Morgan fingerprint density at radius 1 is 1.10 bits per heavy atom. The maximum absolute atomic E-state index is 5.32. The zero-order chi connectivity index (χ0) is 14.5. The molecule has 0 atom stereocenters. The van der Waals surface area contributed by atoms with Crippen molar-refractivity contribution in [2.24, 2.45) is 0 Å². The molecular weight excluding hydrogens is 336 g/mol. The lowest BCUT2D eigenvalue weighted by Gasteiger charge is -2.14. The van der Waals surface area contributed by atoms with Gasteiger partial charge in [0, 0.05) is 4.47 Å². The molecule has 2 aromatic rings. The van der Waals surface area contributed by atoms with Gasteiger partial charge >= 0.3 is 0 Å². The molecule has 0 radical (unpaired) electrons. The molecule has 0 unspecified atom stereocenters. The van der Waals surface area contributed by atoms with Gasteiger partial charge in [0.05, 0.1) is 18.5 Å². The van der Waals surface area contributed by atoms with Crippen molar-refractivity contribution in [1.82, 2.24) is 0 Å². The minimum atomic E-state index is 0.513. The molecule has 2 N–H and O–H groups in total. The van der Waals surface area contributed by atoms with Crippen LogP contribution in [0, 0.1) is 6.92 Å². The summed E-state index contributed by atoms with van der Waals surface area (Å²) >= 11 is 8.83. The number of nitrogens with one attached hydrogen (secondary N) is 2. The predicted molar refractivity (Wildman–Crippen MR) is 91.7 cm³/mol. The number of aryl methyl sites for hydroxylation is 1. The summed E-state index contributed by atoms with van der Waals surface area (Å²) in [6.07, 6.45) is 0. The van der Waals surface area contributed by atoms with Gasteiger partial charge in [-0.15, -0.1) is 0 Å². The van der Waals surface area contributed by atoms with Crippen LogP contribution in [0.1, 0.15) is 5.56 Å². The molecule has 0 bridgehead atoms. The fourth-order valence-electron chi connectivity index (χ4n) is 1.75. The van der Waals surface area contributed by atoms with Crippen molar-refractivity contribution in [3.8, 4) is 5.75 Å².